The lowest BCUT2D eigenvalue weighted by molar-refractivity contribution is -0.138. The molecule has 10 heteroatoms. The quantitative estimate of drug-likeness (QED) is 0.509. The van der Waals surface area contributed by atoms with Gasteiger partial charge >= 0.3 is 6.18 Å². The van der Waals surface area contributed by atoms with Crippen LogP contribution < -0.4 is 5.32 Å². The van der Waals surface area contributed by atoms with Crippen molar-refractivity contribution in [2.75, 3.05) is 0 Å². The average Bonchev–Trinajstić information content (AvgIpc) is 3.36. The topological polar surface area (TPSA) is 75.6 Å². The van der Waals surface area contributed by atoms with Gasteiger partial charge in [0.1, 0.15) is 18.0 Å². The van der Waals surface area contributed by atoms with Crippen LogP contribution in [0.4, 0.5) is 17.6 Å². The second-order valence-electron chi connectivity index (χ2n) is 6.18. The van der Waals surface area contributed by atoms with Crippen molar-refractivity contribution in [2.24, 2.45) is 0 Å². The Kier molecular flexibility index (Phi) is 4.53. The third-order valence-electron chi connectivity index (χ3n) is 4.37. The van der Waals surface area contributed by atoms with Crippen LogP contribution in [0.2, 0.25) is 0 Å². The van der Waals surface area contributed by atoms with E-state index in [4.69, 9.17) is 0 Å². The van der Waals surface area contributed by atoms with E-state index in [2.05, 4.69) is 20.3 Å². The number of nitrogens with zero attached hydrogens (tertiary/aromatic N) is 3. The maximum absolute atomic E-state index is 14.0. The van der Waals surface area contributed by atoms with Gasteiger partial charge in [0.05, 0.1) is 22.2 Å². The number of carbonyl (C=O) groups excluding carboxylic acids is 1. The second-order valence-corrected chi connectivity index (χ2v) is 6.18. The minimum absolute atomic E-state index is 0.161. The number of hydrogen-bond acceptors (Lipinski definition) is 3. The molecule has 4 aromatic rings. The Bertz CT molecular complexity index is 1180. The third kappa shape index (κ3) is 3.56. The van der Waals surface area contributed by atoms with Gasteiger partial charge in [-0.25, -0.2) is 14.4 Å². The van der Waals surface area contributed by atoms with E-state index in [1.807, 2.05) is 0 Å². The minimum Gasteiger partial charge on any atom is -0.359 e. The highest BCUT2D eigenvalue weighted by Gasteiger charge is 2.34. The van der Waals surface area contributed by atoms with E-state index < -0.39 is 35.6 Å². The van der Waals surface area contributed by atoms with E-state index in [9.17, 15) is 22.4 Å². The fourth-order valence-electron chi connectivity index (χ4n) is 3.00. The third-order valence-corrected chi connectivity index (χ3v) is 4.37. The Labute approximate surface area is 161 Å². The lowest BCUT2D eigenvalue weighted by Crippen LogP contribution is -2.26. The SMILES string of the molecule is O=C(NCc1c(F)cccc1C(F)(F)F)c1cc(-n2ccnc2)nc2cc[nH]c12. The smallest absolute Gasteiger partial charge is 0.359 e. The van der Waals surface area contributed by atoms with Gasteiger partial charge in [0, 0.05) is 30.7 Å². The normalized spacial score (nSPS) is 11.7. The summed E-state index contributed by atoms with van der Waals surface area (Å²) in [5.74, 6) is -1.31. The van der Waals surface area contributed by atoms with Crippen LogP contribution in [0.25, 0.3) is 16.9 Å². The molecule has 0 saturated heterocycles. The first kappa shape index (κ1) is 18.7. The Balaban J connectivity index is 1.67. The molecule has 0 aliphatic rings. The van der Waals surface area contributed by atoms with Crippen molar-refractivity contribution in [3.05, 3.63) is 77.8 Å². The fraction of sp³-hybridized carbons (Fsp3) is 0.105. The van der Waals surface area contributed by atoms with Gasteiger partial charge in [0.25, 0.3) is 5.91 Å². The number of H-pyrrole nitrogens is 1. The van der Waals surface area contributed by atoms with Gasteiger partial charge in [0.2, 0.25) is 0 Å². The maximum Gasteiger partial charge on any atom is 0.416 e. The molecule has 0 aliphatic heterocycles. The van der Waals surface area contributed by atoms with Crippen molar-refractivity contribution in [1.82, 2.24) is 24.8 Å². The molecule has 0 saturated carbocycles. The highest BCUT2D eigenvalue weighted by Crippen LogP contribution is 2.33. The molecular weight excluding hydrogens is 390 g/mol. The zero-order chi connectivity index (χ0) is 20.6. The number of amides is 1. The second kappa shape index (κ2) is 7.04. The van der Waals surface area contributed by atoms with Crippen LogP contribution >= 0.6 is 0 Å². The molecule has 148 valence electrons. The van der Waals surface area contributed by atoms with E-state index in [0.29, 0.717) is 16.9 Å². The van der Waals surface area contributed by atoms with Crippen molar-refractivity contribution < 1.29 is 22.4 Å². The molecule has 0 fully saturated rings. The van der Waals surface area contributed by atoms with Crippen LogP contribution in [-0.2, 0) is 12.7 Å². The summed E-state index contributed by atoms with van der Waals surface area (Å²) in [6, 6.07) is 5.81. The molecule has 1 amide bonds. The van der Waals surface area contributed by atoms with Crippen molar-refractivity contribution in [1.29, 1.82) is 0 Å². The highest BCUT2D eigenvalue weighted by atomic mass is 19.4. The largest absolute Gasteiger partial charge is 0.416 e. The molecular formula is C19H13F4N5O. The Morgan fingerprint density at radius 2 is 2.07 bits per heavy atom. The van der Waals surface area contributed by atoms with Gasteiger partial charge in [-0.1, -0.05) is 6.07 Å². The van der Waals surface area contributed by atoms with Crippen molar-refractivity contribution in [2.45, 2.75) is 12.7 Å². The number of halogens is 4. The van der Waals surface area contributed by atoms with Crippen molar-refractivity contribution >= 4 is 16.9 Å². The number of carbonyl (C=O) groups is 1. The van der Waals surface area contributed by atoms with Crippen LogP contribution in [0.3, 0.4) is 0 Å². The van der Waals surface area contributed by atoms with Gasteiger partial charge in [-0.15, -0.1) is 0 Å². The van der Waals surface area contributed by atoms with E-state index in [1.165, 1.54) is 12.4 Å². The number of aromatic amines is 1. The molecule has 29 heavy (non-hydrogen) atoms. The number of hydrogen-bond donors (Lipinski definition) is 2. The maximum atomic E-state index is 14.0. The summed E-state index contributed by atoms with van der Waals surface area (Å²) in [6.07, 6.45) is 1.53. The van der Waals surface area contributed by atoms with E-state index >= 15 is 0 Å². The zero-order valence-corrected chi connectivity index (χ0v) is 14.7. The summed E-state index contributed by atoms with van der Waals surface area (Å²) in [7, 11) is 0. The van der Waals surface area contributed by atoms with Crippen LogP contribution in [0.1, 0.15) is 21.5 Å². The van der Waals surface area contributed by atoms with Gasteiger partial charge in [0.15, 0.2) is 0 Å². The van der Waals surface area contributed by atoms with Gasteiger partial charge in [-0.3, -0.25) is 9.36 Å². The van der Waals surface area contributed by atoms with Crippen molar-refractivity contribution in [3.8, 4) is 5.82 Å². The predicted molar refractivity (Wildman–Crippen MR) is 95.8 cm³/mol. The van der Waals surface area contributed by atoms with Crippen LogP contribution in [-0.4, -0.2) is 25.4 Å². The summed E-state index contributed by atoms with van der Waals surface area (Å²) >= 11 is 0. The van der Waals surface area contributed by atoms with Crippen molar-refractivity contribution in [3.63, 3.8) is 0 Å². The Morgan fingerprint density at radius 3 is 2.79 bits per heavy atom. The summed E-state index contributed by atoms with van der Waals surface area (Å²) in [4.78, 5) is 23.9. The molecule has 0 atom stereocenters. The number of imidazole rings is 1. The minimum atomic E-state index is -4.74. The standard InChI is InChI=1S/C19H13F4N5O/c20-14-3-1-2-13(19(21,22)23)12(14)9-26-18(29)11-8-16(28-7-6-24-10-28)27-15-4-5-25-17(11)15/h1-8,10,25H,9H2,(H,26,29). The molecule has 0 unspecified atom stereocenters. The number of alkyl halides is 3. The number of benzene rings is 1. The van der Waals surface area contributed by atoms with Gasteiger partial charge in [-0.2, -0.15) is 13.2 Å². The van der Waals surface area contributed by atoms with Crippen LogP contribution in [0, 0.1) is 5.82 Å². The van der Waals surface area contributed by atoms with Gasteiger partial charge < -0.3 is 10.3 Å². The van der Waals surface area contributed by atoms with E-state index in [1.54, 1.807) is 29.2 Å². The van der Waals surface area contributed by atoms with Gasteiger partial charge in [-0.05, 0) is 24.3 Å². The monoisotopic (exact) mass is 403 g/mol. The molecule has 0 bridgehead atoms. The number of pyridine rings is 1. The lowest BCUT2D eigenvalue weighted by atomic mass is 10.1. The Hall–Kier alpha value is -3.69. The number of nitrogens with one attached hydrogen (secondary N) is 2. The number of aromatic nitrogens is 4. The predicted octanol–water partition coefficient (Wildman–Crippen LogP) is 3.84. The molecule has 0 radical (unpaired) electrons. The molecule has 2 N–H and O–H groups in total. The summed E-state index contributed by atoms with van der Waals surface area (Å²) in [5, 5.41) is 2.37. The average molecular weight is 403 g/mol. The zero-order valence-electron chi connectivity index (χ0n) is 14.7. The number of rotatable bonds is 4. The first-order valence-corrected chi connectivity index (χ1v) is 8.44. The Morgan fingerprint density at radius 1 is 1.24 bits per heavy atom. The molecule has 1 aromatic carbocycles. The molecule has 4 rings (SSSR count). The molecule has 0 spiro atoms. The molecule has 3 aromatic heterocycles. The van der Waals surface area contributed by atoms with Crippen LogP contribution in [0.15, 0.2) is 55.2 Å². The number of fused-ring (bicyclic) bond motifs is 1. The summed E-state index contributed by atoms with van der Waals surface area (Å²) in [5.41, 5.74) is -0.690. The first-order chi connectivity index (χ1) is 13.8. The lowest BCUT2D eigenvalue weighted by Gasteiger charge is -2.14. The fourth-order valence-corrected chi connectivity index (χ4v) is 3.00. The van der Waals surface area contributed by atoms with E-state index in [-0.39, 0.29) is 5.56 Å². The summed E-state index contributed by atoms with van der Waals surface area (Å²) in [6.45, 7) is -0.620. The van der Waals surface area contributed by atoms with E-state index in [0.717, 1.165) is 18.2 Å². The summed E-state index contributed by atoms with van der Waals surface area (Å²) < 4.78 is 55.0. The molecule has 0 aliphatic carbocycles. The molecule has 6 nitrogen and oxygen atoms in total. The first-order valence-electron chi connectivity index (χ1n) is 8.44. The molecule has 3 heterocycles. The van der Waals surface area contributed by atoms with Crippen LogP contribution in [0.5, 0.6) is 0 Å². The highest BCUT2D eigenvalue weighted by molar-refractivity contribution is 6.05.